The van der Waals surface area contributed by atoms with Crippen LogP contribution in [0.15, 0.2) is 18.2 Å². The Labute approximate surface area is 104 Å². The van der Waals surface area contributed by atoms with E-state index in [4.69, 9.17) is 27.5 Å². The maximum Gasteiger partial charge on any atom is 0.145 e. The van der Waals surface area contributed by atoms with Gasteiger partial charge in [-0.2, -0.15) is 0 Å². The van der Waals surface area contributed by atoms with E-state index < -0.39 is 0 Å². The largest absolute Gasteiger partial charge is 0.494 e. The summed E-state index contributed by atoms with van der Waals surface area (Å²) in [5, 5.41) is 8.73. The minimum atomic E-state index is -0.0368. The number of aromatic nitrogens is 1. The summed E-state index contributed by atoms with van der Waals surface area (Å²) < 4.78 is 5.24. The van der Waals surface area contributed by atoms with Gasteiger partial charge in [-0.25, -0.2) is 4.98 Å². The van der Waals surface area contributed by atoms with E-state index in [1.807, 2.05) is 6.92 Å². The van der Waals surface area contributed by atoms with Crippen molar-refractivity contribution in [3.05, 3.63) is 34.5 Å². The number of hydrogen-bond acceptors (Lipinski definition) is 3. The summed E-state index contributed by atoms with van der Waals surface area (Å²) in [6.07, 6.45) is 0. The molecule has 0 atom stereocenters. The molecule has 2 aromatic rings. The number of nitrogens with two attached hydrogens (primary N) is 1. The highest BCUT2D eigenvalue weighted by Crippen LogP contribution is 2.32. The Balaban J connectivity index is 2.95. The van der Waals surface area contributed by atoms with E-state index in [9.17, 15) is 0 Å². The smallest absolute Gasteiger partial charge is 0.145 e. The van der Waals surface area contributed by atoms with E-state index in [0.717, 1.165) is 5.69 Å². The fourth-order valence-electron chi connectivity index (χ4n) is 1.78. The summed E-state index contributed by atoms with van der Waals surface area (Å²) >= 11 is 6.19. The molecule has 88 valence electrons. The molecule has 0 aliphatic heterocycles. The Morgan fingerprint density at radius 3 is 2.76 bits per heavy atom. The Kier molecular flexibility index (Phi) is 2.90. The van der Waals surface area contributed by atoms with Crippen molar-refractivity contribution in [3.63, 3.8) is 0 Å². The van der Waals surface area contributed by atoms with E-state index in [1.54, 1.807) is 25.3 Å². The van der Waals surface area contributed by atoms with Gasteiger partial charge in [0.1, 0.15) is 17.1 Å². The number of amidine groups is 1. The lowest BCUT2D eigenvalue weighted by atomic mass is 10.1. The second-order valence-electron chi connectivity index (χ2n) is 3.70. The van der Waals surface area contributed by atoms with Crippen LogP contribution in [0.4, 0.5) is 0 Å². The number of aryl methyl sites for hydroxylation is 1. The van der Waals surface area contributed by atoms with Crippen LogP contribution in [0, 0.1) is 12.3 Å². The third kappa shape index (κ3) is 1.91. The summed E-state index contributed by atoms with van der Waals surface area (Å²) in [4.78, 5) is 4.39. The van der Waals surface area contributed by atoms with Crippen molar-refractivity contribution in [1.82, 2.24) is 4.98 Å². The third-order valence-corrected chi connectivity index (χ3v) is 2.81. The number of methoxy groups -OCH3 is 1. The molecule has 0 bridgehead atoms. The van der Waals surface area contributed by atoms with Crippen LogP contribution in [-0.2, 0) is 0 Å². The minimum Gasteiger partial charge on any atom is -0.494 e. The van der Waals surface area contributed by atoms with Crippen LogP contribution in [0.25, 0.3) is 10.9 Å². The lowest BCUT2D eigenvalue weighted by Crippen LogP contribution is -2.12. The summed E-state index contributed by atoms with van der Waals surface area (Å²) in [6.45, 7) is 1.85. The molecule has 1 aromatic heterocycles. The van der Waals surface area contributed by atoms with E-state index >= 15 is 0 Å². The number of fused-ring (bicyclic) bond motifs is 1. The zero-order valence-electron chi connectivity index (χ0n) is 9.54. The molecule has 5 heteroatoms. The highest BCUT2D eigenvalue weighted by atomic mass is 35.5. The Bertz CT molecular complexity index is 610. The Hall–Kier alpha value is -1.81. The van der Waals surface area contributed by atoms with Crippen LogP contribution in [0.1, 0.15) is 11.3 Å². The Morgan fingerprint density at radius 2 is 2.18 bits per heavy atom. The van der Waals surface area contributed by atoms with Crippen molar-refractivity contribution in [1.29, 1.82) is 5.41 Å². The minimum absolute atomic E-state index is 0.0368. The first-order chi connectivity index (χ1) is 8.04. The molecule has 1 heterocycles. The third-order valence-electron chi connectivity index (χ3n) is 2.51. The molecular weight excluding hydrogens is 238 g/mol. The van der Waals surface area contributed by atoms with Gasteiger partial charge in [-0.1, -0.05) is 11.6 Å². The molecule has 1 aromatic carbocycles. The quantitative estimate of drug-likeness (QED) is 0.634. The van der Waals surface area contributed by atoms with Crippen LogP contribution in [0.3, 0.4) is 0 Å². The second-order valence-corrected chi connectivity index (χ2v) is 4.11. The molecule has 3 N–H and O–H groups in total. The van der Waals surface area contributed by atoms with Gasteiger partial charge >= 0.3 is 0 Å². The molecular formula is C12H12ClN3O. The van der Waals surface area contributed by atoms with Gasteiger partial charge in [0.2, 0.25) is 0 Å². The van der Waals surface area contributed by atoms with Crippen molar-refractivity contribution in [3.8, 4) is 5.75 Å². The van der Waals surface area contributed by atoms with Crippen LogP contribution < -0.4 is 10.5 Å². The van der Waals surface area contributed by atoms with Gasteiger partial charge in [-0.3, -0.25) is 5.41 Å². The van der Waals surface area contributed by atoms with E-state index in [0.29, 0.717) is 27.2 Å². The normalized spacial score (nSPS) is 10.5. The topological polar surface area (TPSA) is 72.0 Å². The summed E-state index contributed by atoms with van der Waals surface area (Å²) in [5.74, 6) is 0.584. The van der Waals surface area contributed by atoms with Gasteiger partial charge in [-0.15, -0.1) is 0 Å². The summed E-state index contributed by atoms with van der Waals surface area (Å²) in [5.41, 5.74) is 7.53. The molecule has 2 rings (SSSR count). The predicted molar refractivity (Wildman–Crippen MR) is 69.1 cm³/mol. The molecule has 0 spiro atoms. The predicted octanol–water partition coefficient (Wildman–Crippen LogP) is 2.49. The van der Waals surface area contributed by atoms with Gasteiger partial charge in [-0.05, 0) is 25.1 Å². The Morgan fingerprint density at radius 1 is 1.47 bits per heavy atom. The first-order valence-corrected chi connectivity index (χ1v) is 5.40. The molecule has 0 saturated carbocycles. The fraction of sp³-hybridized carbons (Fsp3) is 0.167. The van der Waals surface area contributed by atoms with Gasteiger partial charge < -0.3 is 10.5 Å². The van der Waals surface area contributed by atoms with Crippen molar-refractivity contribution in [2.75, 3.05) is 7.11 Å². The first kappa shape index (κ1) is 11.7. The number of nitrogens with zero attached hydrogens (tertiary/aromatic N) is 1. The van der Waals surface area contributed by atoms with Crippen LogP contribution >= 0.6 is 11.6 Å². The van der Waals surface area contributed by atoms with Gasteiger partial charge in [0.25, 0.3) is 0 Å². The second kappa shape index (κ2) is 4.22. The standard InChI is InChI=1S/C12H12ClN3O/c1-6-5-8(13)10-7(12(14)15)3-4-9(17-2)11(10)16-6/h3-5H,1-2H3,(H3,14,15). The number of halogens is 1. The van der Waals surface area contributed by atoms with E-state index in [-0.39, 0.29) is 5.84 Å². The molecule has 4 nitrogen and oxygen atoms in total. The lowest BCUT2D eigenvalue weighted by molar-refractivity contribution is 0.419. The molecule has 0 radical (unpaired) electrons. The molecule has 0 amide bonds. The van der Waals surface area contributed by atoms with Gasteiger partial charge in [0, 0.05) is 16.6 Å². The first-order valence-electron chi connectivity index (χ1n) is 5.03. The monoisotopic (exact) mass is 249 g/mol. The fourth-order valence-corrected chi connectivity index (χ4v) is 2.13. The summed E-state index contributed by atoms with van der Waals surface area (Å²) in [7, 11) is 1.57. The molecule has 0 saturated heterocycles. The number of nitrogens with one attached hydrogen (secondary N) is 1. The maximum absolute atomic E-state index is 7.55. The maximum atomic E-state index is 7.55. The average molecular weight is 250 g/mol. The number of rotatable bonds is 2. The van der Waals surface area contributed by atoms with E-state index in [1.165, 1.54) is 0 Å². The van der Waals surface area contributed by atoms with Crippen molar-refractivity contribution < 1.29 is 4.74 Å². The molecule has 0 aliphatic carbocycles. The molecule has 0 fully saturated rings. The van der Waals surface area contributed by atoms with Crippen molar-refractivity contribution in [2.45, 2.75) is 6.92 Å². The molecule has 0 unspecified atom stereocenters. The van der Waals surface area contributed by atoms with Gasteiger partial charge in [0.05, 0.1) is 12.1 Å². The zero-order chi connectivity index (χ0) is 12.6. The molecule has 17 heavy (non-hydrogen) atoms. The van der Waals surface area contributed by atoms with E-state index in [2.05, 4.69) is 4.98 Å². The highest BCUT2D eigenvalue weighted by Gasteiger charge is 2.13. The number of benzene rings is 1. The number of nitrogen functional groups attached to an aromatic ring is 1. The van der Waals surface area contributed by atoms with Crippen LogP contribution in [0.5, 0.6) is 5.75 Å². The lowest BCUT2D eigenvalue weighted by Gasteiger charge is -2.11. The number of pyridine rings is 1. The highest BCUT2D eigenvalue weighted by molar-refractivity contribution is 6.37. The number of hydrogen-bond donors (Lipinski definition) is 2. The van der Waals surface area contributed by atoms with Gasteiger partial charge in [0.15, 0.2) is 0 Å². The SMILES string of the molecule is COc1ccc(C(=N)N)c2c(Cl)cc(C)nc12. The number of ether oxygens (including phenoxy) is 1. The van der Waals surface area contributed by atoms with Crippen LogP contribution in [-0.4, -0.2) is 17.9 Å². The zero-order valence-corrected chi connectivity index (χ0v) is 10.3. The summed E-state index contributed by atoms with van der Waals surface area (Å²) in [6, 6.07) is 5.20. The van der Waals surface area contributed by atoms with Crippen LogP contribution in [0.2, 0.25) is 5.02 Å². The average Bonchev–Trinajstić information content (AvgIpc) is 2.27. The van der Waals surface area contributed by atoms with Crippen molar-refractivity contribution in [2.24, 2.45) is 5.73 Å². The molecule has 0 aliphatic rings. The van der Waals surface area contributed by atoms with Crippen molar-refractivity contribution >= 4 is 28.3 Å².